The van der Waals surface area contributed by atoms with Gasteiger partial charge in [-0.15, -0.1) is 0 Å². The van der Waals surface area contributed by atoms with Crippen molar-refractivity contribution in [3.05, 3.63) is 17.2 Å². The SMILES string of the molecule is O=C(Nc1cc2c(cc1Cl)OCCO2)N(C[C@@H]1CCOC1)C1CC1. The van der Waals surface area contributed by atoms with Crippen LogP contribution >= 0.6 is 11.6 Å². The lowest BCUT2D eigenvalue weighted by Crippen LogP contribution is -2.40. The topological polar surface area (TPSA) is 60.0 Å². The van der Waals surface area contributed by atoms with E-state index in [4.69, 9.17) is 25.8 Å². The van der Waals surface area contributed by atoms with Crippen LogP contribution in [-0.4, -0.2) is 49.9 Å². The fraction of sp³-hybridized carbons (Fsp3) is 0.588. The number of nitrogens with one attached hydrogen (secondary N) is 1. The first-order chi connectivity index (χ1) is 11.7. The second kappa shape index (κ2) is 6.69. The third-order valence-corrected chi connectivity index (χ3v) is 4.91. The summed E-state index contributed by atoms with van der Waals surface area (Å²) in [5, 5.41) is 3.39. The van der Waals surface area contributed by atoms with Gasteiger partial charge in [0.25, 0.3) is 0 Å². The van der Waals surface area contributed by atoms with Gasteiger partial charge in [-0.3, -0.25) is 0 Å². The Morgan fingerprint density at radius 2 is 1.92 bits per heavy atom. The summed E-state index contributed by atoms with van der Waals surface area (Å²) in [5.41, 5.74) is 0.555. The molecule has 4 rings (SSSR count). The number of urea groups is 1. The molecule has 7 heteroatoms. The van der Waals surface area contributed by atoms with Gasteiger partial charge in [0.15, 0.2) is 11.5 Å². The minimum atomic E-state index is -0.108. The molecule has 2 fully saturated rings. The van der Waals surface area contributed by atoms with Crippen molar-refractivity contribution in [1.29, 1.82) is 0 Å². The van der Waals surface area contributed by atoms with Crippen LogP contribution < -0.4 is 14.8 Å². The quantitative estimate of drug-likeness (QED) is 0.904. The van der Waals surface area contributed by atoms with Gasteiger partial charge in [0.1, 0.15) is 13.2 Å². The van der Waals surface area contributed by atoms with Gasteiger partial charge in [0.2, 0.25) is 0 Å². The summed E-state index contributed by atoms with van der Waals surface area (Å²) in [6.45, 7) is 3.27. The normalized spacial score (nSPS) is 22.3. The van der Waals surface area contributed by atoms with Crippen molar-refractivity contribution in [3.8, 4) is 11.5 Å². The van der Waals surface area contributed by atoms with Gasteiger partial charge in [-0.25, -0.2) is 4.79 Å². The van der Waals surface area contributed by atoms with E-state index in [2.05, 4.69) is 5.32 Å². The molecular weight excluding hydrogens is 332 g/mol. The average molecular weight is 353 g/mol. The highest BCUT2D eigenvalue weighted by atomic mass is 35.5. The number of carbonyl (C=O) groups is 1. The molecule has 0 unspecified atom stereocenters. The molecule has 1 saturated heterocycles. The van der Waals surface area contributed by atoms with E-state index in [1.54, 1.807) is 12.1 Å². The Morgan fingerprint density at radius 1 is 1.17 bits per heavy atom. The molecule has 24 heavy (non-hydrogen) atoms. The van der Waals surface area contributed by atoms with Gasteiger partial charge in [-0.05, 0) is 19.3 Å². The van der Waals surface area contributed by atoms with Gasteiger partial charge in [-0.2, -0.15) is 0 Å². The number of benzene rings is 1. The first kappa shape index (κ1) is 15.8. The van der Waals surface area contributed by atoms with Crippen LogP contribution in [0.3, 0.4) is 0 Å². The van der Waals surface area contributed by atoms with Crippen LogP contribution in [0.4, 0.5) is 10.5 Å². The molecule has 2 amide bonds. The third-order valence-electron chi connectivity index (χ3n) is 4.60. The number of hydrogen-bond donors (Lipinski definition) is 1. The van der Waals surface area contributed by atoms with E-state index >= 15 is 0 Å². The molecule has 2 heterocycles. The first-order valence-electron chi connectivity index (χ1n) is 8.45. The number of ether oxygens (including phenoxy) is 3. The Hall–Kier alpha value is -1.66. The highest BCUT2D eigenvalue weighted by Gasteiger charge is 2.35. The van der Waals surface area contributed by atoms with E-state index in [0.717, 1.165) is 39.0 Å². The summed E-state index contributed by atoms with van der Waals surface area (Å²) in [7, 11) is 0. The lowest BCUT2D eigenvalue weighted by Gasteiger charge is -2.26. The molecule has 1 saturated carbocycles. The fourth-order valence-corrected chi connectivity index (χ4v) is 3.34. The number of nitrogens with zero attached hydrogens (tertiary/aromatic N) is 1. The summed E-state index contributed by atoms with van der Waals surface area (Å²) in [4.78, 5) is 14.7. The summed E-state index contributed by atoms with van der Waals surface area (Å²) >= 11 is 6.29. The second-order valence-corrected chi connectivity index (χ2v) is 6.93. The number of hydrogen-bond acceptors (Lipinski definition) is 4. The maximum atomic E-state index is 12.7. The number of carbonyl (C=O) groups excluding carboxylic acids is 1. The molecule has 0 aromatic heterocycles. The van der Waals surface area contributed by atoms with E-state index in [9.17, 15) is 4.79 Å². The molecule has 6 nitrogen and oxygen atoms in total. The summed E-state index contributed by atoms with van der Waals surface area (Å²) < 4.78 is 16.5. The van der Waals surface area contributed by atoms with Gasteiger partial charge in [0, 0.05) is 37.2 Å². The lowest BCUT2D eigenvalue weighted by molar-refractivity contribution is 0.167. The number of anilines is 1. The summed E-state index contributed by atoms with van der Waals surface area (Å²) in [5.74, 6) is 1.65. The van der Waals surface area contributed by atoms with Crippen molar-refractivity contribution in [3.63, 3.8) is 0 Å². The van der Waals surface area contributed by atoms with Crippen LogP contribution in [0.1, 0.15) is 19.3 Å². The minimum Gasteiger partial charge on any atom is -0.486 e. The lowest BCUT2D eigenvalue weighted by atomic mass is 10.1. The zero-order valence-corrected chi connectivity index (χ0v) is 14.2. The van der Waals surface area contributed by atoms with Gasteiger partial charge in [0.05, 0.1) is 17.3 Å². The smallest absolute Gasteiger partial charge is 0.322 e. The monoisotopic (exact) mass is 352 g/mol. The highest BCUT2D eigenvalue weighted by molar-refractivity contribution is 6.34. The van der Waals surface area contributed by atoms with Crippen LogP contribution in [0.15, 0.2) is 12.1 Å². The molecule has 3 aliphatic rings. The Balaban J connectivity index is 1.47. The van der Waals surface area contributed by atoms with E-state index in [0.29, 0.717) is 47.4 Å². The number of rotatable bonds is 4. The minimum absolute atomic E-state index is 0.108. The molecule has 1 N–H and O–H groups in total. The molecule has 1 aromatic rings. The van der Waals surface area contributed by atoms with Crippen molar-refractivity contribution in [2.75, 3.05) is 38.3 Å². The number of fused-ring (bicyclic) bond motifs is 1. The van der Waals surface area contributed by atoms with E-state index in [1.807, 2.05) is 4.90 Å². The molecule has 2 aliphatic heterocycles. The Bertz CT molecular complexity index is 629. The first-order valence-corrected chi connectivity index (χ1v) is 8.83. The van der Waals surface area contributed by atoms with Crippen molar-refractivity contribution in [2.45, 2.75) is 25.3 Å². The number of halogens is 1. The Morgan fingerprint density at radius 3 is 2.58 bits per heavy atom. The third kappa shape index (κ3) is 3.39. The average Bonchev–Trinajstić information content (AvgIpc) is 3.29. The maximum Gasteiger partial charge on any atom is 0.322 e. The molecule has 1 atom stereocenters. The van der Waals surface area contributed by atoms with Gasteiger partial charge < -0.3 is 24.4 Å². The maximum absolute atomic E-state index is 12.7. The molecule has 1 aromatic carbocycles. The van der Waals surface area contributed by atoms with Crippen molar-refractivity contribution < 1.29 is 19.0 Å². The molecule has 130 valence electrons. The van der Waals surface area contributed by atoms with Crippen LogP contribution in [0.5, 0.6) is 11.5 Å². The predicted molar refractivity (Wildman–Crippen MR) is 90.1 cm³/mol. The number of amides is 2. The Kier molecular flexibility index (Phi) is 4.41. The van der Waals surface area contributed by atoms with Crippen LogP contribution in [0.25, 0.3) is 0 Å². The van der Waals surface area contributed by atoms with Crippen molar-refractivity contribution in [1.82, 2.24) is 4.90 Å². The largest absolute Gasteiger partial charge is 0.486 e. The fourth-order valence-electron chi connectivity index (χ4n) is 3.14. The zero-order valence-electron chi connectivity index (χ0n) is 13.4. The second-order valence-electron chi connectivity index (χ2n) is 6.52. The molecular formula is C17H21ClN2O4. The van der Waals surface area contributed by atoms with Crippen LogP contribution in [0, 0.1) is 5.92 Å². The van der Waals surface area contributed by atoms with Crippen LogP contribution in [0.2, 0.25) is 5.02 Å². The van der Waals surface area contributed by atoms with Gasteiger partial charge >= 0.3 is 6.03 Å². The molecule has 0 bridgehead atoms. The van der Waals surface area contributed by atoms with E-state index in [-0.39, 0.29) is 6.03 Å². The molecule has 0 radical (unpaired) electrons. The predicted octanol–water partition coefficient (Wildman–Crippen LogP) is 3.14. The highest BCUT2D eigenvalue weighted by Crippen LogP contribution is 2.38. The summed E-state index contributed by atoms with van der Waals surface area (Å²) in [6.07, 6.45) is 3.15. The Labute approximate surface area is 146 Å². The van der Waals surface area contributed by atoms with E-state index < -0.39 is 0 Å². The molecule has 0 spiro atoms. The molecule has 1 aliphatic carbocycles. The van der Waals surface area contributed by atoms with Gasteiger partial charge in [-0.1, -0.05) is 11.6 Å². The van der Waals surface area contributed by atoms with E-state index in [1.165, 1.54) is 0 Å². The van der Waals surface area contributed by atoms with Crippen LogP contribution in [-0.2, 0) is 4.74 Å². The summed E-state index contributed by atoms with van der Waals surface area (Å²) in [6, 6.07) is 3.65. The van der Waals surface area contributed by atoms with Crippen molar-refractivity contribution in [2.24, 2.45) is 5.92 Å². The van der Waals surface area contributed by atoms with Crippen molar-refractivity contribution >= 4 is 23.3 Å². The zero-order chi connectivity index (χ0) is 16.5. The standard InChI is InChI=1S/C17H21ClN2O4/c18-13-7-15-16(24-6-5-23-15)8-14(13)19-17(21)20(12-1-2-12)9-11-3-4-22-10-11/h7-8,11-12H,1-6,9-10H2,(H,19,21)/t11-/m0/s1.